The molecular weight excluding hydrogens is 352 g/mol. The molecule has 0 radical (unpaired) electrons. The van der Waals surface area contributed by atoms with Gasteiger partial charge in [-0.2, -0.15) is 0 Å². The number of para-hydroxylation sites is 1. The molecule has 0 fully saturated rings. The van der Waals surface area contributed by atoms with Gasteiger partial charge in [-0.3, -0.25) is 9.63 Å². The molecule has 5 nitrogen and oxygen atoms in total. The second-order valence-electron chi connectivity index (χ2n) is 6.76. The molecule has 0 atom stereocenters. The van der Waals surface area contributed by atoms with Crippen LogP contribution in [0.5, 0.6) is 5.75 Å². The molecule has 0 saturated carbocycles. The Balaban J connectivity index is 1.86. The zero-order chi connectivity index (χ0) is 19.7. The van der Waals surface area contributed by atoms with Crippen LogP contribution in [0.25, 0.3) is 22.6 Å². The van der Waals surface area contributed by atoms with Gasteiger partial charge < -0.3 is 4.74 Å². The van der Waals surface area contributed by atoms with Crippen LogP contribution in [-0.4, -0.2) is 37.2 Å². The molecular formula is C23H22N2O3. The molecule has 0 saturated heterocycles. The number of hydroxylamine groups is 2. The van der Waals surface area contributed by atoms with E-state index in [0.717, 1.165) is 51.9 Å². The van der Waals surface area contributed by atoms with Gasteiger partial charge >= 0.3 is 0 Å². The average molecular weight is 374 g/mol. The first-order chi connectivity index (χ1) is 13.6. The van der Waals surface area contributed by atoms with Crippen LogP contribution in [0, 0.1) is 0 Å². The average Bonchev–Trinajstić information content (AvgIpc) is 3.13. The Hall–Kier alpha value is -3.18. The third-order valence-electron chi connectivity index (χ3n) is 5.17. The summed E-state index contributed by atoms with van der Waals surface area (Å²) in [4.78, 5) is 23.1. The number of aromatic nitrogens is 1. The first-order valence-electron chi connectivity index (χ1n) is 9.21. The number of pyridine rings is 1. The number of methoxy groups -OCH3 is 1. The molecule has 0 N–H and O–H groups in total. The Morgan fingerprint density at radius 2 is 1.82 bits per heavy atom. The monoisotopic (exact) mass is 374 g/mol. The third-order valence-corrected chi connectivity index (χ3v) is 5.17. The molecule has 5 heteroatoms. The van der Waals surface area contributed by atoms with E-state index in [1.54, 1.807) is 14.2 Å². The zero-order valence-electron chi connectivity index (χ0n) is 16.2. The molecule has 1 aliphatic rings. The fraction of sp³-hybridized carbons (Fsp3) is 0.217. The number of hydrogen-bond acceptors (Lipinski definition) is 4. The second-order valence-corrected chi connectivity index (χ2v) is 6.76. The van der Waals surface area contributed by atoms with E-state index >= 15 is 0 Å². The van der Waals surface area contributed by atoms with Crippen LogP contribution in [0.15, 0.2) is 48.5 Å². The van der Waals surface area contributed by atoms with Crippen LogP contribution in [0.1, 0.15) is 33.6 Å². The molecule has 0 spiro atoms. The van der Waals surface area contributed by atoms with E-state index in [2.05, 4.69) is 6.08 Å². The van der Waals surface area contributed by atoms with E-state index in [-0.39, 0.29) is 5.91 Å². The maximum Gasteiger partial charge on any atom is 0.278 e. The van der Waals surface area contributed by atoms with Crippen LogP contribution in [0.3, 0.4) is 0 Å². The minimum atomic E-state index is -0.150. The number of carbonyl (C=O) groups excluding carboxylic acids is 1. The zero-order valence-corrected chi connectivity index (χ0v) is 16.2. The lowest BCUT2D eigenvalue weighted by molar-refractivity contribution is -0.0756. The number of benzene rings is 2. The van der Waals surface area contributed by atoms with Crippen molar-refractivity contribution in [2.75, 3.05) is 21.3 Å². The van der Waals surface area contributed by atoms with Gasteiger partial charge in [-0.1, -0.05) is 30.3 Å². The van der Waals surface area contributed by atoms with Crippen molar-refractivity contribution in [2.45, 2.75) is 12.8 Å². The van der Waals surface area contributed by atoms with Crippen LogP contribution in [-0.2, 0) is 11.3 Å². The van der Waals surface area contributed by atoms with Gasteiger partial charge in [0.2, 0.25) is 0 Å². The van der Waals surface area contributed by atoms with Gasteiger partial charge in [-0.15, -0.1) is 0 Å². The summed E-state index contributed by atoms with van der Waals surface area (Å²) in [6, 6.07) is 15.7. The fourth-order valence-electron chi connectivity index (χ4n) is 3.67. The van der Waals surface area contributed by atoms with Crippen LogP contribution in [0.2, 0.25) is 0 Å². The summed E-state index contributed by atoms with van der Waals surface area (Å²) < 4.78 is 5.23. The Bertz CT molecular complexity index is 1070. The molecule has 4 rings (SSSR count). The van der Waals surface area contributed by atoms with Crippen molar-refractivity contribution >= 4 is 28.5 Å². The molecule has 3 aromatic rings. The standard InChI is InChI=1S/C23H22N2O3/c1-25(28-3)23(26)21-18-6-4-5-7-20(18)24-22-16(10-13-19(21)22)14-15-8-11-17(27-2)12-9-15/h4-9,11-12,14H,10,13H2,1-3H3/b16-14+. The van der Waals surface area contributed by atoms with Crippen molar-refractivity contribution < 1.29 is 14.4 Å². The van der Waals surface area contributed by atoms with Gasteiger partial charge in [-0.05, 0) is 53.8 Å². The summed E-state index contributed by atoms with van der Waals surface area (Å²) in [5, 5.41) is 2.13. The summed E-state index contributed by atoms with van der Waals surface area (Å²) in [5.41, 5.74) is 5.62. The highest BCUT2D eigenvalue weighted by atomic mass is 16.7. The fourth-order valence-corrected chi connectivity index (χ4v) is 3.67. The van der Waals surface area contributed by atoms with E-state index < -0.39 is 0 Å². The van der Waals surface area contributed by atoms with E-state index in [1.165, 1.54) is 12.2 Å². The van der Waals surface area contributed by atoms with Crippen molar-refractivity contribution in [3.63, 3.8) is 0 Å². The Morgan fingerprint density at radius 1 is 1.07 bits per heavy atom. The minimum Gasteiger partial charge on any atom is -0.497 e. The minimum absolute atomic E-state index is 0.150. The molecule has 1 heterocycles. The molecule has 2 aromatic carbocycles. The van der Waals surface area contributed by atoms with Crippen LogP contribution in [0.4, 0.5) is 0 Å². The Morgan fingerprint density at radius 3 is 2.54 bits per heavy atom. The van der Waals surface area contributed by atoms with Crippen LogP contribution >= 0.6 is 0 Å². The maximum atomic E-state index is 13.0. The summed E-state index contributed by atoms with van der Waals surface area (Å²) in [5.74, 6) is 0.677. The molecule has 1 aliphatic carbocycles. The topological polar surface area (TPSA) is 51.7 Å². The smallest absolute Gasteiger partial charge is 0.278 e. The normalized spacial score (nSPS) is 14.3. The van der Waals surface area contributed by atoms with E-state index in [1.807, 2.05) is 48.5 Å². The number of allylic oxidation sites excluding steroid dienone is 1. The predicted molar refractivity (Wildman–Crippen MR) is 110 cm³/mol. The predicted octanol–water partition coefficient (Wildman–Crippen LogP) is 4.36. The highest BCUT2D eigenvalue weighted by molar-refractivity contribution is 6.09. The van der Waals surface area contributed by atoms with Crippen molar-refractivity contribution in [2.24, 2.45) is 0 Å². The SMILES string of the molecule is COc1ccc(/C=C2\CCc3c2nc2ccccc2c3C(=O)N(C)OC)cc1. The first-order valence-corrected chi connectivity index (χ1v) is 9.21. The molecule has 1 aromatic heterocycles. The van der Waals surface area contributed by atoms with Gasteiger partial charge in [0.15, 0.2) is 0 Å². The quantitative estimate of drug-likeness (QED) is 0.637. The summed E-state index contributed by atoms with van der Waals surface area (Å²) in [6.07, 6.45) is 3.77. The first kappa shape index (κ1) is 18.2. The number of rotatable bonds is 4. The highest BCUT2D eigenvalue weighted by Gasteiger charge is 2.28. The number of nitrogens with zero attached hydrogens (tertiary/aromatic N) is 2. The van der Waals surface area contributed by atoms with Crippen molar-refractivity contribution in [3.05, 3.63) is 70.9 Å². The number of ether oxygens (including phenoxy) is 1. The van der Waals surface area contributed by atoms with Gasteiger partial charge in [0.25, 0.3) is 5.91 Å². The summed E-state index contributed by atoms with van der Waals surface area (Å²) >= 11 is 0. The molecule has 1 amide bonds. The van der Waals surface area contributed by atoms with Crippen LogP contribution < -0.4 is 4.74 Å². The lowest BCUT2D eigenvalue weighted by atomic mass is 10.00. The number of amides is 1. The number of carbonyl (C=O) groups is 1. The largest absolute Gasteiger partial charge is 0.497 e. The Kier molecular flexibility index (Phi) is 4.84. The van der Waals surface area contributed by atoms with Crippen molar-refractivity contribution in [1.82, 2.24) is 10.0 Å². The van der Waals surface area contributed by atoms with Gasteiger partial charge in [0, 0.05) is 12.4 Å². The summed E-state index contributed by atoms with van der Waals surface area (Å²) in [7, 11) is 4.79. The second kappa shape index (κ2) is 7.44. The van der Waals surface area contributed by atoms with E-state index in [4.69, 9.17) is 14.6 Å². The maximum absolute atomic E-state index is 13.0. The number of hydrogen-bond donors (Lipinski definition) is 0. The van der Waals surface area contributed by atoms with Gasteiger partial charge in [0.1, 0.15) is 5.75 Å². The molecule has 142 valence electrons. The number of fused-ring (bicyclic) bond motifs is 2. The molecule has 28 heavy (non-hydrogen) atoms. The molecule has 0 unspecified atom stereocenters. The van der Waals surface area contributed by atoms with Crippen molar-refractivity contribution in [3.8, 4) is 5.75 Å². The lowest BCUT2D eigenvalue weighted by Crippen LogP contribution is -2.27. The molecule has 0 aliphatic heterocycles. The van der Waals surface area contributed by atoms with Gasteiger partial charge in [0.05, 0.1) is 31.0 Å². The lowest BCUT2D eigenvalue weighted by Gasteiger charge is -2.17. The van der Waals surface area contributed by atoms with E-state index in [0.29, 0.717) is 5.56 Å². The third kappa shape index (κ3) is 3.14. The van der Waals surface area contributed by atoms with E-state index in [9.17, 15) is 4.79 Å². The van der Waals surface area contributed by atoms with Gasteiger partial charge in [-0.25, -0.2) is 10.0 Å². The van der Waals surface area contributed by atoms with Crippen molar-refractivity contribution in [1.29, 1.82) is 0 Å². The summed E-state index contributed by atoms with van der Waals surface area (Å²) in [6.45, 7) is 0. The molecule has 0 bridgehead atoms. The Labute approximate surface area is 164 Å². The highest BCUT2D eigenvalue weighted by Crippen LogP contribution is 2.38.